The lowest BCUT2D eigenvalue weighted by Crippen LogP contribution is -2.17. The third-order valence-electron chi connectivity index (χ3n) is 3.80. The van der Waals surface area contributed by atoms with Crippen LogP contribution in [0.3, 0.4) is 0 Å². The minimum atomic E-state index is 0. The quantitative estimate of drug-likeness (QED) is 0.633. The van der Waals surface area contributed by atoms with Crippen molar-refractivity contribution in [1.82, 2.24) is 9.55 Å². The van der Waals surface area contributed by atoms with Crippen LogP contribution in [0.15, 0.2) is 53.8 Å². The minimum absolute atomic E-state index is 0. The highest BCUT2D eigenvalue weighted by atomic mass is 35.5. The number of benzene rings is 1. The van der Waals surface area contributed by atoms with Gasteiger partial charge < -0.3 is 4.57 Å². The van der Waals surface area contributed by atoms with Crippen LogP contribution in [0.1, 0.15) is 33.4 Å². The van der Waals surface area contributed by atoms with Gasteiger partial charge in [0.25, 0.3) is 0 Å². The van der Waals surface area contributed by atoms with Crippen LogP contribution in [0, 0.1) is 13.8 Å². The first-order chi connectivity index (χ1) is 11.5. The van der Waals surface area contributed by atoms with Crippen molar-refractivity contribution in [3.05, 3.63) is 75.3 Å². The topological polar surface area (TPSA) is 47.2 Å². The number of halogens is 1. The number of aryl methyl sites for hydroxylation is 1. The maximum Gasteiger partial charge on any atom is 0.191 e. The van der Waals surface area contributed by atoms with Crippen molar-refractivity contribution in [2.45, 2.75) is 27.3 Å². The number of thiazole rings is 1. The molecule has 25 heavy (non-hydrogen) atoms. The molecule has 0 aliphatic carbocycles. The Hall–Kier alpha value is -2.24. The van der Waals surface area contributed by atoms with E-state index in [1.165, 1.54) is 16.9 Å². The summed E-state index contributed by atoms with van der Waals surface area (Å²) in [5.41, 5.74) is 4.11. The van der Waals surface area contributed by atoms with Gasteiger partial charge in [-0.15, -0.1) is 12.4 Å². The molecule has 1 aromatic carbocycles. The molecular weight excluding hydrogens is 354 g/mol. The summed E-state index contributed by atoms with van der Waals surface area (Å²) in [5, 5.41) is 0. The summed E-state index contributed by atoms with van der Waals surface area (Å²) >= 11 is 1.44. The van der Waals surface area contributed by atoms with Crippen molar-refractivity contribution >= 4 is 35.2 Å². The summed E-state index contributed by atoms with van der Waals surface area (Å²) in [6.07, 6.45) is 3.60. The summed E-state index contributed by atoms with van der Waals surface area (Å²) < 4.78 is 2.08. The van der Waals surface area contributed by atoms with Gasteiger partial charge in [0.1, 0.15) is 0 Å². The molecule has 0 aliphatic rings. The van der Waals surface area contributed by atoms with Crippen LogP contribution in [0.5, 0.6) is 0 Å². The van der Waals surface area contributed by atoms with Crippen LogP contribution >= 0.6 is 23.7 Å². The van der Waals surface area contributed by atoms with Crippen LogP contribution in [0.25, 0.3) is 0 Å². The molecule has 2 heterocycles. The molecule has 0 aliphatic heterocycles. The Morgan fingerprint density at radius 2 is 1.92 bits per heavy atom. The average molecular weight is 374 g/mol. The second kappa shape index (κ2) is 8.23. The molecule has 2 aromatic heterocycles. The Morgan fingerprint density at radius 3 is 2.52 bits per heavy atom. The Balaban J connectivity index is 0.00000225. The fraction of sp³-hybridized carbons (Fsp3) is 0.211. The van der Waals surface area contributed by atoms with Gasteiger partial charge in [-0.25, -0.2) is 4.99 Å². The molecule has 0 saturated heterocycles. The summed E-state index contributed by atoms with van der Waals surface area (Å²) in [7, 11) is 0. The van der Waals surface area contributed by atoms with E-state index in [1.807, 2.05) is 49.5 Å². The van der Waals surface area contributed by atoms with E-state index < -0.39 is 0 Å². The first-order valence-electron chi connectivity index (χ1n) is 7.76. The second-order valence-corrected chi connectivity index (χ2v) is 6.73. The first-order valence-corrected chi connectivity index (χ1v) is 8.57. The number of rotatable bonds is 4. The van der Waals surface area contributed by atoms with Gasteiger partial charge in [0.15, 0.2) is 10.6 Å². The highest BCUT2D eigenvalue weighted by molar-refractivity contribution is 7.11. The average Bonchev–Trinajstić information content (AvgIpc) is 2.87. The van der Waals surface area contributed by atoms with Crippen LogP contribution in [0.4, 0.5) is 5.69 Å². The molecule has 0 bridgehead atoms. The highest BCUT2D eigenvalue weighted by Gasteiger charge is 2.13. The lowest BCUT2D eigenvalue weighted by atomic mass is 10.2. The standard InChI is InChI=1S/C19H19N3OS.ClH/c1-13-6-8-17(9-7-13)21-19-22(12-16-5-4-10-20-11-16)14(2)18(24-19)15(3)23;/h4-11H,12H2,1-3H3;1H. The van der Waals surface area contributed by atoms with E-state index in [1.54, 1.807) is 13.1 Å². The van der Waals surface area contributed by atoms with E-state index >= 15 is 0 Å². The van der Waals surface area contributed by atoms with E-state index in [0.717, 1.165) is 26.6 Å². The Kier molecular flexibility index (Phi) is 6.28. The third-order valence-corrected chi connectivity index (χ3v) is 5.08. The van der Waals surface area contributed by atoms with Gasteiger partial charge in [0, 0.05) is 25.0 Å². The zero-order valence-corrected chi connectivity index (χ0v) is 16.0. The number of ketones is 1. The zero-order valence-electron chi connectivity index (χ0n) is 14.4. The summed E-state index contributed by atoms with van der Waals surface area (Å²) in [6.45, 7) is 6.27. The largest absolute Gasteiger partial charge is 0.316 e. The molecule has 3 aromatic rings. The van der Waals surface area contributed by atoms with Crippen molar-refractivity contribution in [3.63, 3.8) is 0 Å². The van der Waals surface area contributed by atoms with Gasteiger partial charge in [-0.2, -0.15) is 0 Å². The molecule has 130 valence electrons. The third kappa shape index (κ3) is 4.44. The van der Waals surface area contributed by atoms with Gasteiger partial charge in [-0.05, 0) is 37.6 Å². The van der Waals surface area contributed by atoms with Crippen LogP contribution < -0.4 is 4.80 Å². The van der Waals surface area contributed by atoms with E-state index in [0.29, 0.717) is 6.54 Å². The second-order valence-electron chi connectivity index (χ2n) is 5.75. The molecule has 0 atom stereocenters. The molecule has 3 rings (SSSR count). The predicted octanol–water partition coefficient (Wildman–Crippen LogP) is 4.47. The number of pyridine rings is 1. The smallest absolute Gasteiger partial charge is 0.191 e. The molecule has 0 radical (unpaired) electrons. The van der Waals surface area contributed by atoms with E-state index in [-0.39, 0.29) is 18.2 Å². The fourth-order valence-electron chi connectivity index (χ4n) is 2.49. The van der Waals surface area contributed by atoms with Gasteiger partial charge in [-0.3, -0.25) is 9.78 Å². The van der Waals surface area contributed by atoms with Crippen LogP contribution in [-0.4, -0.2) is 15.3 Å². The summed E-state index contributed by atoms with van der Waals surface area (Å²) in [5.74, 6) is 0.0720. The van der Waals surface area contributed by atoms with Gasteiger partial charge >= 0.3 is 0 Å². The summed E-state index contributed by atoms with van der Waals surface area (Å²) in [4.78, 5) is 22.4. The van der Waals surface area contributed by atoms with Crippen LogP contribution in [0.2, 0.25) is 0 Å². The van der Waals surface area contributed by atoms with Crippen molar-refractivity contribution < 1.29 is 4.79 Å². The number of hydrogen-bond donors (Lipinski definition) is 0. The molecule has 0 unspecified atom stereocenters. The summed E-state index contributed by atoms with van der Waals surface area (Å²) in [6, 6.07) is 12.0. The number of carbonyl (C=O) groups is 1. The van der Waals surface area contributed by atoms with Crippen molar-refractivity contribution in [1.29, 1.82) is 0 Å². The highest BCUT2D eigenvalue weighted by Crippen LogP contribution is 2.17. The number of aromatic nitrogens is 2. The van der Waals surface area contributed by atoms with Gasteiger partial charge in [0.05, 0.1) is 17.1 Å². The van der Waals surface area contributed by atoms with Crippen molar-refractivity contribution in [2.75, 3.05) is 0 Å². The normalized spacial score (nSPS) is 11.2. The Labute approximate surface area is 157 Å². The zero-order chi connectivity index (χ0) is 17.1. The molecular formula is C19H20ClN3OS. The molecule has 0 fully saturated rings. The Bertz CT molecular complexity index is 928. The molecule has 4 nitrogen and oxygen atoms in total. The lowest BCUT2D eigenvalue weighted by Gasteiger charge is -2.06. The van der Waals surface area contributed by atoms with Gasteiger partial charge in [0.2, 0.25) is 0 Å². The molecule has 0 saturated carbocycles. The molecule has 6 heteroatoms. The lowest BCUT2D eigenvalue weighted by molar-refractivity contribution is 0.102. The molecule has 0 spiro atoms. The Morgan fingerprint density at radius 1 is 1.20 bits per heavy atom. The maximum absolute atomic E-state index is 11.9. The van der Waals surface area contributed by atoms with Crippen molar-refractivity contribution in [2.24, 2.45) is 4.99 Å². The molecule has 0 N–H and O–H groups in total. The number of carbonyl (C=O) groups excluding carboxylic acids is 1. The number of nitrogens with zero attached hydrogens (tertiary/aromatic N) is 3. The van der Waals surface area contributed by atoms with E-state index in [4.69, 9.17) is 4.99 Å². The monoisotopic (exact) mass is 373 g/mol. The van der Waals surface area contributed by atoms with E-state index in [9.17, 15) is 4.79 Å². The minimum Gasteiger partial charge on any atom is -0.316 e. The molecule has 0 amide bonds. The fourth-order valence-corrected chi connectivity index (χ4v) is 3.53. The maximum atomic E-state index is 11.9. The van der Waals surface area contributed by atoms with Gasteiger partial charge in [-0.1, -0.05) is 35.1 Å². The first kappa shape index (κ1) is 19.1. The predicted molar refractivity (Wildman–Crippen MR) is 104 cm³/mol. The van der Waals surface area contributed by atoms with Crippen LogP contribution in [-0.2, 0) is 6.54 Å². The number of Topliss-reactive ketones (excluding diaryl/α,β-unsaturated/α-hetero) is 1. The van der Waals surface area contributed by atoms with E-state index in [2.05, 4.69) is 16.5 Å². The SMILES string of the molecule is CC(=O)c1sc(=Nc2ccc(C)cc2)n(Cc2cccnc2)c1C.Cl. The number of hydrogen-bond acceptors (Lipinski definition) is 4. The van der Waals surface area contributed by atoms with Crippen molar-refractivity contribution in [3.8, 4) is 0 Å².